The van der Waals surface area contributed by atoms with Crippen molar-refractivity contribution >= 4 is 17.6 Å². The van der Waals surface area contributed by atoms with Crippen LogP contribution in [0.25, 0.3) is 11.1 Å². The summed E-state index contributed by atoms with van der Waals surface area (Å²) in [4.78, 5) is 54.3. The van der Waals surface area contributed by atoms with Gasteiger partial charge in [0.15, 0.2) is 11.6 Å². The van der Waals surface area contributed by atoms with E-state index >= 15 is 0 Å². The highest BCUT2D eigenvalue weighted by atomic mass is 19.2. The molecule has 1 aromatic heterocycles. The SMILES string of the molecule is Cn1c(=O)c(-c2cccc(F)c2F)cn(CC(=O)N2CCC(N3Cc4ccccc4NC3=O)CC2)c1=O. The van der Waals surface area contributed by atoms with Crippen LogP contribution < -0.4 is 16.6 Å². The summed E-state index contributed by atoms with van der Waals surface area (Å²) in [6, 6.07) is 10.8. The fourth-order valence-corrected chi connectivity index (χ4v) is 4.93. The first kappa shape index (κ1) is 24.4. The minimum atomic E-state index is -1.21. The largest absolute Gasteiger partial charge is 0.341 e. The average molecular weight is 510 g/mol. The third kappa shape index (κ3) is 4.52. The van der Waals surface area contributed by atoms with E-state index in [1.165, 1.54) is 19.2 Å². The van der Waals surface area contributed by atoms with Crippen molar-refractivity contribution < 1.29 is 18.4 Å². The van der Waals surface area contributed by atoms with Gasteiger partial charge in [0.1, 0.15) is 6.54 Å². The molecule has 0 bridgehead atoms. The van der Waals surface area contributed by atoms with E-state index in [-0.39, 0.29) is 35.7 Å². The van der Waals surface area contributed by atoms with E-state index in [1.807, 2.05) is 24.3 Å². The first-order valence-corrected chi connectivity index (χ1v) is 11.9. The summed E-state index contributed by atoms with van der Waals surface area (Å²) in [5, 5.41) is 2.91. The minimum absolute atomic E-state index is 0.0415. The number of nitrogens with zero attached hydrogens (tertiary/aromatic N) is 4. The molecule has 0 spiro atoms. The van der Waals surface area contributed by atoms with E-state index in [1.54, 1.807) is 9.80 Å². The van der Waals surface area contributed by atoms with Crippen molar-refractivity contribution in [1.29, 1.82) is 0 Å². The Labute approximate surface area is 210 Å². The molecule has 2 aliphatic heterocycles. The summed E-state index contributed by atoms with van der Waals surface area (Å²) in [7, 11) is 1.22. The molecule has 0 radical (unpaired) electrons. The van der Waals surface area contributed by atoms with Crippen molar-refractivity contribution in [3.8, 4) is 11.1 Å². The third-order valence-electron chi connectivity index (χ3n) is 7.02. The Bertz CT molecular complexity index is 1510. The lowest BCUT2D eigenvalue weighted by atomic mass is 10.0. The number of piperidine rings is 1. The van der Waals surface area contributed by atoms with Gasteiger partial charge in [-0.15, -0.1) is 0 Å². The van der Waals surface area contributed by atoms with Crippen molar-refractivity contribution in [3.63, 3.8) is 0 Å². The molecule has 2 aliphatic rings. The third-order valence-corrected chi connectivity index (χ3v) is 7.02. The zero-order chi connectivity index (χ0) is 26.3. The molecule has 2 aromatic carbocycles. The normalized spacial score (nSPS) is 15.9. The predicted molar refractivity (Wildman–Crippen MR) is 132 cm³/mol. The highest BCUT2D eigenvalue weighted by molar-refractivity contribution is 5.92. The maximum Gasteiger partial charge on any atom is 0.331 e. The lowest BCUT2D eigenvalue weighted by molar-refractivity contribution is -0.133. The minimum Gasteiger partial charge on any atom is -0.341 e. The van der Waals surface area contributed by atoms with Gasteiger partial charge in [-0.05, 0) is 30.5 Å². The Hall–Kier alpha value is -4.28. The van der Waals surface area contributed by atoms with Gasteiger partial charge in [0.05, 0.1) is 5.56 Å². The van der Waals surface area contributed by atoms with Gasteiger partial charge in [-0.3, -0.25) is 18.7 Å². The molecule has 0 unspecified atom stereocenters. The van der Waals surface area contributed by atoms with Crippen LogP contribution in [0.2, 0.25) is 0 Å². The highest BCUT2D eigenvalue weighted by Gasteiger charge is 2.32. The number of carbonyl (C=O) groups is 2. The molecule has 0 atom stereocenters. The van der Waals surface area contributed by atoms with Crippen molar-refractivity contribution in [2.75, 3.05) is 18.4 Å². The van der Waals surface area contributed by atoms with Crippen molar-refractivity contribution in [1.82, 2.24) is 18.9 Å². The number of rotatable bonds is 4. The van der Waals surface area contributed by atoms with Crippen LogP contribution in [0.3, 0.4) is 0 Å². The standard InChI is InChI=1S/C26H25F2N5O4/c1-30-24(35)19(18-6-4-7-20(27)23(18)28)14-32(26(30)37)15-22(34)31-11-9-17(10-12-31)33-13-16-5-2-3-8-21(16)29-25(33)36/h2-8,14,17H,9-13,15H2,1H3,(H,29,36). The van der Waals surface area contributed by atoms with E-state index in [0.717, 1.165) is 32.6 Å². The zero-order valence-electron chi connectivity index (χ0n) is 20.1. The lowest BCUT2D eigenvalue weighted by Crippen LogP contribution is -2.51. The van der Waals surface area contributed by atoms with Gasteiger partial charge in [0, 0.05) is 50.2 Å². The fraction of sp³-hybridized carbons (Fsp3) is 0.308. The van der Waals surface area contributed by atoms with E-state index in [4.69, 9.17) is 0 Å². The summed E-state index contributed by atoms with van der Waals surface area (Å²) in [5.74, 6) is -2.68. The second kappa shape index (κ2) is 9.64. The Morgan fingerprint density at radius 3 is 2.49 bits per heavy atom. The number of likely N-dealkylation sites (tertiary alicyclic amines) is 1. The molecule has 3 heterocycles. The number of urea groups is 1. The van der Waals surface area contributed by atoms with Gasteiger partial charge < -0.3 is 15.1 Å². The topological polar surface area (TPSA) is 96.7 Å². The molecule has 1 fully saturated rings. The van der Waals surface area contributed by atoms with E-state index in [9.17, 15) is 28.0 Å². The molecule has 3 amide bonds. The molecule has 1 saturated heterocycles. The number of hydrogen-bond donors (Lipinski definition) is 1. The number of amides is 3. The smallest absolute Gasteiger partial charge is 0.331 e. The monoisotopic (exact) mass is 509 g/mol. The summed E-state index contributed by atoms with van der Waals surface area (Å²) >= 11 is 0. The van der Waals surface area contributed by atoms with Crippen LogP contribution in [-0.4, -0.2) is 50.0 Å². The number of anilines is 1. The van der Waals surface area contributed by atoms with Crippen LogP contribution in [-0.2, 0) is 24.9 Å². The quantitative estimate of drug-likeness (QED) is 0.585. The maximum atomic E-state index is 14.4. The van der Waals surface area contributed by atoms with Crippen LogP contribution in [0.4, 0.5) is 19.3 Å². The highest BCUT2D eigenvalue weighted by Crippen LogP contribution is 2.27. The first-order chi connectivity index (χ1) is 17.7. The Morgan fingerprint density at radius 1 is 1.00 bits per heavy atom. The van der Waals surface area contributed by atoms with Crippen LogP contribution in [0.1, 0.15) is 18.4 Å². The Kier molecular flexibility index (Phi) is 6.36. The van der Waals surface area contributed by atoms with Gasteiger partial charge in [-0.1, -0.05) is 30.3 Å². The van der Waals surface area contributed by atoms with Crippen LogP contribution in [0.5, 0.6) is 0 Å². The van der Waals surface area contributed by atoms with Gasteiger partial charge in [0.25, 0.3) is 5.56 Å². The van der Waals surface area contributed by atoms with E-state index in [0.29, 0.717) is 32.5 Å². The summed E-state index contributed by atoms with van der Waals surface area (Å²) < 4.78 is 29.9. The van der Waals surface area contributed by atoms with Crippen molar-refractivity contribution in [2.24, 2.45) is 7.05 Å². The molecule has 9 nitrogen and oxygen atoms in total. The second-order valence-electron chi connectivity index (χ2n) is 9.25. The molecule has 0 aliphatic carbocycles. The molecule has 1 N–H and O–H groups in total. The Balaban J connectivity index is 1.30. The summed E-state index contributed by atoms with van der Waals surface area (Å²) in [6.07, 6.45) is 2.25. The van der Waals surface area contributed by atoms with E-state index in [2.05, 4.69) is 5.32 Å². The molecule has 5 rings (SSSR count). The molecular weight excluding hydrogens is 484 g/mol. The van der Waals surface area contributed by atoms with Gasteiger partial charge in [0.2, 0.25) is 5.91 Å². The van der Waals surface area contributed by atoms with Crippen LogP contribution in [0.15, 0.2) is 58.3 Å². The molecule has 11 heteroatoms. The summed E-state index contributed by atoms with van der Waals surface area (Å²) in [6.45, 7) is 0.911. The van der Waals surface area contributed by atoms with Gasteiger partial charge in [-0.2, -0.15) is 0 Å². The molecule has 37 heavy (non-hydrogen) atoms. The fourth-order valence-electron chi connectivity index (χ4n) is 4.93. The number of aromatic nitrogens is 2. The average Bonchev–Trinajstić information content (AvgIpc) is 2.90. The second-order valence-corrected chi connectivity index (χ2v) is 9.25. The number of halogens is 2. The molecule has 192 valence electrons. The Morgan fingerprint density at radius 2 is 1.73 bits per heavy atom. The van der Waals surface area contributed by atoms with Crippen LogP contribution in [0, 0.1) is 11.6 Å². The number of benzene rings is 2. The number of carbonyl (C=O) groups excluding carboxylic acids is 2. The first-order valence-electron chi connectivity index (χ1n) is 11.9. The molecular formula is C26H25F2N5O4. The number of hydrogen-bond acceptors (Lipinski definition) is 4. The zero-order valence-corrected chi connectivity index (χ0v) is 20.1. The van der Waals surface area contributed by atoms with Crippen molar-refractivity contribution in [2.45, 2.75) is 32.0 Å². The molecule has 0 saturated carbocycles. The predicted octanol–water partition coefficient (Wildman–Crippen LogP) is 2.53. The summed E-state index contributed by atoms with van der Waals surface area (Å²) in [5.41, 5.74) is -0.208. The number of nitrogens with one attached hydrogen (secondary N) is 1. The van der Waals surface area contributed by atoms with Gasteiger partial charge in [-0.25, -0.2) is 18.4 Å². The van der Waals surface area contributed by atoms with Crippen molar-refractivity contribution in [3.05, 3.63) is 86.7 Å². The maximum absolute atomic E-state index is 14.4. The molecule has 3 aromatic rings. The van der Waals surface area contributed by atoms with Crippen LogP contribution >= 0.6 is 0 Å². The van der Waals surface area contributed by atoms with E-state index < -0.39 is 22.9 Å². The lowest BCUT2D eigenvalue weighted by Gasteiger charge is -2.40. The number of fused-ring (bicyclic) bond motifs is 1. The number of para-hydroxylation sites is 1. The van der Waals surface area contributed by atoms with Gasteiger partial charge >= 0.3 is 11.7 Å².